The van der Waals surface area contributed by atoms with E-state index >= 15 is 0 Å². The summed E-state index contributed by atoms with van der Waals surface area (Å²) in [5, 5.41) is 17.7. The number of carbonyl (C=O) groups is 1. The molecule has 0 bridgehead atoms. The molecular weight excluding hydrogens is 302 g/mol. The highest BCUT2D eigenvalue weighted by molar-refractivity contribution is 5.96. The van der Waals surface area contributed by atoms with E-state index in [2.05, 4.69) is 10.2 Å². The van der Waals surface area contributed by atoms with Crippen LogP contribution in [0.15, 0.2) is 24.3 Å². The van der Waals surface area contributed by atoms with E-state index in [-0.39, 0.29) is 18.4 Å². The second-order valence-corrected chi connectivity index (χ2v) is 6.53. The number of aliphatic hydroxyl groups excluding tert-OH is 1. The third kappa shape index (κ3) is 3.85. The Kier molecular flexibility index (Phi) is 5.78. The number of likely N-dealkylation sites (N-methyl/N-ethyl adjacent to an activating group) is 1. The zero-order valence-corrected chi connectivity index (χ0v) is 15.1. The zero-order valence-electron chi connectivity index (χ0n) is 15.1. The van der Waals surface area contributed by atoms with E-state index in [1.54, 1.807) is 4.90 Å². The number of benzene rings is 1. The van der Waals surface area contributed by atoms with Gasteiger partial charge in [-0.2, -0.15) is 5.10 Å². The van der Waals surface area contributed by atoms with Crippen molar-refractivity contribution in [3.63, 3.8) is 0 Å². The minimum atomic E-state index is -0.704. The summed E-state index contributed by atoms with van der Waals surface area (Å²) < 4.78 is 0. The van der Waals surface area contributed by atoms with Crippen LogP contribution in [0.2, 0.25) is 0 Å². The highest BCUT2D eigenvalue weighted by Crippen LogP contribution is 2.23. The van der Waals surface area contributed by atoms with Gasteiger partial charge in [0.1, 0.15) is 0 Å². The molecule has 0 aliphatic heterocycles. The van der Waals surface area contributed by atoms with E-state index in [1.165, 1.54) is 0 Å². The normalized spacial score (nSPS) is 12.5. The van der Waals surface area contributed by atoms with Crippen molar-refractivity contribution in [3.8, 4) is 0 Å². The van der Waals surface area contributed by atoms with Crippen molar-refractivity contribution < 1.29 is 9.90 Å². The largest absolute Gasteiger partial charge is 0.387 e. The second-order valence-electron chi connectivity index (χ2n) is 6.53. The maximum absolute atomic E-state index is 13.0. The summed E-state index contributed by atoms with van der Waals surface area (Å²) >= 11 is 0. The molecule has 24 heavy (non-hydrogen) atoms. The molecule has 1 heterocycles. The Morgan fingerprint density at radius 2 is 1.88 bits per heavy atom. The molecule has 0 aliphatic carbocycles. The van der Waals surface area contributed by atoms with E-state index in [9.17, 15) is 9.90 Å². The van der Waals surface area contributed by atoms with Gasteiger partial charge in [0.2, 0.25) is 0 Å². The summed E-state index contributed by atoms with van der Waals surface area (Å²) in [6.45, 7) is 10.6. The number of nitrogens with one attached hydrogen (secondary N) is 1. The quantitative estimate of drug-likeness (QED) is 0.854. The lowest BCUT2D eigenvalue weighted by atomic mass is 10.0. The average Bonchev–Trinajstić information content (AvgIpc) is 2.94. The summed E-state index contributed by atoms with van der Waals surface area (Å²) in [5.74, 6) is 0.0771. The molecule has 0 saturated carbocycles. The maximum Gasteiger partial charge on any atom is 0.257 e. The number of H-pyrrole nitrogens is 1. The molecule has 0 radical (unpaired) electrons. The third-order valence-electron chi connectivity index (χ3n) is 4.26. The molecule has 2 rings (SSSR count). The van der Waals surface area contributed by atoms with E-state index in [4.69, 9.17) is 0 Å². The van der Waals surface area contributed by atoms with Crippen LogP contribution in [0.4, 0.5) is 0 Å². The van der Waals surface area contributed by atoms with Gasteiger partial charge in [0.05, 0.1) is 23.9 Å². The number of aromatic nitrogens is 2. The first-order chi connectivity index (χ1) is 11.3. The minimum Gasteiger partial charge on any atom is -0.387 e. The summed E-state index contributed by atoms with van der Waals surface area (Å²) in [6, 6.07) is 7.74. The van der Waals surface area contributed by atoms with Gasteiger partial charge in [-0.25, -0.2) is 0 Å². The highest BCUT2D eigenvalue weighted by Gasteiger charge is 2.25. The van der Waals surface area contributed by atoms with Crippen LogP contribution in [-0.4, -0.2) is 39.2 Å². The predicted molar refractivity (Wildman–Crippen MR) is 95.1 cm³/mol. The van der Waals surface area contributed by atoms with E-state index in [0.29, 0.717) is 12.1 Å². The van der Waals surface area contributed by atoms with Gasteiger partial charge < -0.3 is 10.0 Å². The fraction of sp³-hybridized carbons (Fsp3) is 0.474. The third-order valence-corrected chi connectivity index (χ3v) is 4.26. The van der Waals surface area contributed by atoms with E-state index in [0.717, 1.165) is 22.5 Å². The zero-order chi connectivity index (χ0) is 17.9. The van der Waals surface area contributed by atoms with Crippen LogP contribution in [0, 0.1) is 13.8 Å². The first-order valence-corrected chi connectivity index (χ1v) is 8.43. The number of nitrogens with zero attached hydrogens (tertiary/aromatic N) is 2. The molecule has 5 heteroatoms. The molecule has 130 valence electrons. The van der Waals surface area contributed by atoms with Crippen LogP contribution >= 0.6 is 0 Å². The molecule has 1 unspecified atom stereocenters. The first-order valence-electron chi connectivity index (χ1n) is 8.43. The fourth-order valence-corrected chi connectivity index (χ4v) is 2.75. The van der Waals surface area contributed by atoms with Gasteiger partial charge in [0.15, 0.2) is 0 Å². The molecule has 1 aromatic heterocycles. The SMILES string of the molecule is CCN(CC(O)c1ccc(C)cc1)C(=O)c1c(C(C)C)n[nH]c1C. The van der Waals surface area contributed by atoms with Crippen LogP contribution in [-0.2, 0) is 0 Å². The van der Waals surface area contributed by atoms with Gasteiger partial charge in [-0.05, 0) is 32.3 Å². The van der Waals surface area contributed by atoms with E-state index in [1.807, 2.05) is 58.9 Å². The smallest absolute Gasteiger partial charge is 0.257 e. The maximum atomic E-state index is 13.0. The second kappa shape index (κ2) is 7.62. The van der Waals surface area contributed by atoms with E-state index < -0.39 is 6.10 Å². The van der Waals surface area contributed by atoms with Crippen molar-refractivity contribution >= 4 is 5.91 Å². The topological polar surface area (TPSA) is 69.2 Å². The Bertz CT molecular complexity index is 689. The number of rotatable bonds is 6. The molecule has 1 aromatic carbocycles. The summed E-state index contributed by atoms with van der Waals surface area (Å²) in [5.41, 5.74) is 4.14. The molecule has 1 atom stereocenters. The number of amides is 1. The first kappa shape index (κ1) is 18.2. The molecule has 0 fully saturated rings. The summed E-state index contributed by atoms with van der Waals surface area (Å²) in [6.07, 6.45) is -0.704. The van der Waals surface area contributed by atoms with Crippen LogP contribution in [0.5, 0.6) is 0 Å². The van der Waals surface area contributed by atoms with Crippen molar-refractivity contribution in [1.29, 1.82) is 0 Å². The summed E-state index contributed by atoms with van der Waals surface area (Å²) in [7, 11) is 0. The number of aromatic amines is 1. The van der Waals surface area contributed by atoms with Gasteiger partial charge in [-0.3, -0.25) is 9.89 Å². The molecule has 0 spiro atoms. The van der Waals surface area contributed by atoms with Crippen molar-refractivity contribution in [2.45, 2.75) is 46.6 Å². The lowest BCUT2D eigenvalue weighted by Crippen LogP contribution is -2.35. The Hall–Kier alpha value is -2.14. The monoisotopic (exact) mass is 329 g/mol. The molecular formula is C19H27N3O2. The van der Waals surface area contributed by atoms with Gasteiger partial charge in [0, 0.05) is 12.2 Å². The number of hydrogen-bond acceptors (Lipinski definition) is 3. The molecule has 2 aromatic rings. The fourth-order valence-electron chi connectivity index (χ4n) is 2.75. The Balaban J connectivity index is 2.20. The molecule has 0 saturated heterocycles. The molecule has 0 aliphatic rings. The van der Waals surface area contributed by atoms with Crippen molar-refractivity contribution in [2.24, 2.45) is 0 Å². The van der Waals surface area contributed by atoms with Gasteiger partial charge in [-0.1, -0.05) is 43.7 Å². The molecule has 5 nitrogen and oxygen atoms in total. The van der Waals surface area contributed by atoms with Gasteiger partial charge >= 0.3 is 0 Å². The lowest BCUT2D eigenvalue weighted by Gasteiger charge is -2.25. The van der Waals surface area contributed by atoms with Gasteiger partial charge in [0.25, 0.3) is 5.91 Å². The van der Waals surface area contributed by atoms with Crippen molar-refractivity contribution in [1.82, 2.24) is 15.1 Å². The van der Waals surface area contributed by atoms with Crippen molar-refractivity contribution in [2.75, 3.05) is 13.1 Å². The molecule has 1 amide bonds. The number of aliphatic hydroxyl groups is 1. The van der Waals surface area contributed by atoms with Crippen LogP contribution in [0.1, 0.15) is 65.7 Å². The van der Waals surface area contributed by atoms with Crippen LogP contribution < -0.4 is 0 Å². The van der Waals surface area contributed by atoms with Crippen LogP contribution in [0.25, 0.3) is 0 Å². The Labute approximate surface area is 143 Å². The number of hydrogen-bond donors (Lipinski definition) is 2. The minimum absolute atomic E-state index is 0.0846. The predicted octanol–water partition coefficient (Wildman–Crippen LogP) is 3.35. The lowest BCUT2D eigenvalue weighted by molar-refractivity contribution is 0.0633. The van der Waals surface area contributed by atoms with Crippen LogP contribution in [0.3, 0.4) is 0 Å². The molecule has 2 N–H and O–H groups in total. The Morgan fingerprint density at radius 3 is 2.42 bits per heavy atom. The number of aryl methyl sites for hydroxylation is 2. The number of carbonyl (C=O) groups excluding carboxylic acids is 1. The standard InChI is InChI=1S/C19H27N3O2/c1-6-22(11-16(23)15-9-7-13(4)8-10-15)19(24)17-14(5)20-21-18(17)12(2)3/h7-10,12,16,23H,6,11H2,1-5H3,(H,20,21). The summed E-state index contributed by atoms with van der Waals surface area (Å²) in [4.78, 5) is 14.6. The Morgan fingerprint density at radius 1 is 1.25 bits per heavy atom. The van der Waals surface area contributed by atoms with Gasteiger partial charge in [-0.15, -0.1) is 0 Å². The average molecular weight is 329 g/mol. The highest BCUT2D eigenvalue weighted by atomic mass is 16.3. The van der Waals surface area contributed by atoms with Crippen molar-refractivity contribution in [3.05, 3.63) is 52.3 Å².